The quantitative estimate of drug-likeness (QED) is 0.301. The highest BCUT2D eigenvalue weighted by Gasteiger charge is 2.42. The molecule has 0 fully saturated rings. The van der Waals surface area contributed by atoms with Gasteiger partial charge in [0.15, 0.2) is 10.8 Å². The lowest BCUT2D eigenvalue weighted by Gasteiger charge is -2.15. The van der Waals surface area contributed by atoms with E-state index in [9.17, 15) is 9.59 Å². The van der Waals surface area contributed by atoms with Crippen LogP contribution in [0.4, 0.5) is 0 Å². The average Bonchev–Trinajstić information content (AvgIpc) is 3.38. The molecule has 2 amide bonds. The van der Waals surface area contributed by atoms with Gasteiger partial charge in [0.2, 0.25) is 0 Å². The summed E-state index contributed by atoms with van der Waals surface area (Å²) in [6, 6.07) is 11.0. The monoisotopic (exact) mass is 403 g/mol. The Morgan fingerprint density at radius 3 is 2.66 bits per heavy atom. The zero-order valence-corrected chi connectivity index (χ0v) is 15.6. The molecule has 0 spiro atoms. The van der Waals surface area contributed by atoms with Gasteiger partial charge in [-0.25, -0.2) is 4.98 Å². The van der Waals surface area contributed by atoms with Crippen molar-refractivity contribution in [1.29, 1.82) is 0 Å². The molecule has 0 unspecified atom stereocenters. The maximum Gasteiger partial charge on any atom is 0.282 e. The summed E-state index contributed by atoms with van der Waals surface area (Å²) in [6.45, 7) is 0. The SMILES string of the molecule is NC(=S)NN1C(=O)C(c2[nH]nc3ncccc23)=C(c2c[nH]c3ccccc23)C1=O. The van der Waals surface area contributed by atoms with Crippen molar-refractivity contribution in [3.8, 4) is 0 Å². The number of hydrogen-bond donors (Lipinski definition) is 4. The van der Waals surface area contributed by atoms with E-state index in [0.29, 0.717) is 22.3 Å². The van der Waals surface area contributed by atoms with E-state index in [-0.39, 0.29) is 16.3 Å². The molecule has 0 saturated carbocycles. The van der Waals surface area contributed by atoms with Crippen LogP contribution in [0, 0.1) is 0 Å². The van der Waals surface area contributed by atoms with Gasteiger partial charge in [-0.3, -0.25) is 20.1 Å². The molecule has 142 valence electrons. The molecular weight excluding hydrogens is 390 g/mol. The molecule has 5 rings (SSSR count). The van der Waals surface area contributed by atoms with Crippen LogP contribution in [0.1, 0.15) is 11.3 Å². The second kappa shape index (κ2) is 6.24. The molecule has 9 nitrogen and oxygen atoms in total. The van der Waals surface area contributed by atoms with E-state index in [1.807, 2.05) is 24.3 Å². The van der Waals surface area contributed by atoms with E-state index in [1.165, 1.54) is 0 Å². The Hall–Kier alpha value is -4.05. The minimum Gasteiger partial charge on any atom is -0.375 e. The second-order valence-corrected chi connectivity index (χ2v) is 6.83. The van der Waals surface area contributed by atoms with Gasteiger partial charge in [-0.15, -0.1) is 0 Å². The van der Waals surface area contributed by atoms with E-state index in [0.717, 1.165) is 15.9 Å². The third kappa shape index (κ3) is 2.50. The molecule has 0 bridgehead atoms. The fourth-order valence-electron chi connectivity index (χ4n) is 3.54. The summed E-state index contributed by atoms with van der Waals surface area (Å²) < 4.78 is 0. The number of nitrogens with two attached hydrogens (primary N) is 1. The molecule has 1 aliphatic rings. The molecule has 0 aliphatic carbocycles. The van der Waals surface area contributed by atoms with Crippen molar-refractivity contribution in [3.05, 3.63) is 60.0 Å². The fraction of sp³-hybridized carbons (Fsp3) is 0. The number of hydrazine groups is 1. The van der Waals surface area contributed by atoms with Crippen LogP contribution < -0.4 is 11.2 Å². The molecule has 0 atom stereocenters. The van der Waals surface area contributed by atoms with Gasteiger partial charge in [0.05, 0.1) is 16.8 Å². The number of pyridine rings is 1. The number of thiocarbonyl (C=S) groups is 1. The summed E-state index contributed by atoms with van der Waals surface area (Å²) in [4.78, 5) is 33.8. The molecule has 1 aliphatic heterocycles. The topological polar surface area (TPSA) is 133 Å². The number of nitrogens with one attached hydrogen (secondary N) is 3. The van der Waals surface area contributed by atoms with Crippen LogP contribution in [0.2, 0.25) is 0 Å². The van der Waals surface area contributed by atoms with Crippen LogP contribution in [0.15, 0.2) is 48.8 Å². The Balaban J connectivity index is 1.81. The van der Waals surface area contributed by atoms with E-state index >= 15 is 0 Å². The number of carbonyl (C=O) groups is 2. The molecule has 10 heteroatoms. The lowest BCUT2D eigenvalue weighted by molar-refractivity contribution is -0.138. The van der Waals surface area contributed by atoms with Crippen LogP contribution in [0.5, 0.6) is 0 Å². The van der Waals surface area contributed by atoms with Gasteiger partial charge < -0.3 is 10.7 Å². The number of imide groups is 1. The minimum absolute atomic E-state index is 0.166. The van der Waals surface area contributed by atoms with Crippen LogP contribution in [0.3, 0.4) is 0 Å². The largest absolute Gasteiger partial charge is 0.375 e. The number of benzene rings is 1. The Kier molecular flexibility index (Phi) is 3.68. The zero-order chi connectivity index (χ0) is 20.1. The lowest BCUT2D eigenvalue weighted by atomic mass is 9.98. The predicted molar refractivity (Wildman–Crippen MR) is 111 cm³/mol. The lowest BCUT2D eigenvalue weighted by Crippen LogP contribution is -2.48. The number of amides is 2. The fourth-order valence-corrected chi connectivity index (χ4v) is 3.63. The molecular formula is C19H13N7O2S. The Morgan fingerprint density at radius 1 is 1.07 bits per heavy atom. The third-order valence-corrected chi connectivity index (χ3v) is 4.84. The van der Waals surface area contributed by atoms with Crippen LogP contribution in [-0.2, 0) is 9.59 Å². The molecule has 5 N–H and O–H groups in total. The maximum absolute atomic E-state index is 13.2. The van der Waals surface area contributed by atoms with Gasteiger partial charge in [-0.2, -0.15) is 10.1 Å². The van der Waals surface area contributed by atoms with Gasteiger partial charge in [0.1, 0.15) is 0 Å². The number of nitrogens with zero attached hydrogens (tertiary/aromatic N) is 3. The summed E-state index contributed by atoms with van der Waals surface area (Å²) in [7, 11) is 0. The smallest absolute Gasteiger partial charge is 0.282 e. The Labute approximate surface area is 168 Å². The zero-order valence-electron chi connectivity index (χ0n) is 14.8. The number of hydrogen-bond acceptors (Lipinski definition) is 5. The predicted octanol–water partition coefficient (Wildman–Crippen LogP) is 1.47. The molecule has 4 heterocycles. The average molecular weight is 403 g/mol. The summed E-state index contributed by atoms with van der Waals surface area (Å²) in [5.41, 5.74) is 10.6. The minimum atomic E-state index is -0.586. The number of carbonyl (C=O) groups excluding carboxylic acids is 2. The molecule has 4 aromatic rings. The van der Waals surface area contributed by atoms with Gasteiger partial charge in [-0.05, 0) is 30.4 Å². The van der Waals surface area contributed by atoms with Gasteiger partial charge in [-0.1, -0.05) is 18.2 Å². The number of aromatic amines is 2. The van der Waals surface area contributed by atoms with Crippen molar-refractivity contribution in [3.63, 3.8) is 0 Å². The number of aromatic nitrogens is 4. The first kappa shape index (κ1) is 17.1. The summed E-state index contributed by atoms with van der Waals surface area (Å²) in [6.07, 6.45) is 3.30. The van der Waals surface area contributed by atoms with Crippen molar-refractivity contribution in [2.45, 2.75) is 0 Å². The Bertz CT molecular complexity index is 1270. The van der Waals surface area contributed by atoms with Crippen molar-refractivity contribution < 1.29 is 9.59 Å². The van der Waals surface area contributed by atoms with Crippen LogP contribution >= 0.6 is 12.2 Å². The first-order valence-electron chi connectivity index (χ1n) is 8.61. The third-order valence-electron chi connectivity index (χ3n) is 4.74. The molecule has 0 radical (unpaired) electrons. The number of rotatable bonds is 3. The van der Waals surface area contributed by atoms with E-state index in [4.69, 9.17) is 18.0 Å². The maximum atomic E-state index is 13.2. The first-order valence-corrected chi connectivity index (χ1v) is 9.02. The Morgan fingerprint density at radius 2 is 1.83 bits per heavy atom. The highest BCUT2D eigenvalue weighted by Crippen LogP contribution is 2.38. The van der Waals surface area contributed by atoms with Gasteiger partial charge >= 0.3 is 0 Å². The van der Waals surface area contributed by atoms with Crippen LogP contribution in [0.25, 0.3) is 33.1 Å². The van der Waals surface area contributed by atoms with Gasteiger partial charge in [0.25, 0.3) is 11.8 Å². The van der Waals surface area contributed by atoms with Crippen LogP contribution in [-0.4, -0.2) is 42.1 Å². The summed E-state index contributed by atoms with van der Waals surface area (Å²) in [5, 5.41) is 9.06. The number of H-pyrrole nitrogens is 2. The van der Waals surface area contributed by atoms with E-state index in [1.54, 1.807) is 24.5 Å². The number of para-hydroxylation sites is 1. The normalized spacial score (nSPS) is 14.4. The molecule has 29 heavy (non-hydrogen) atoms. The summed E-state index contributed by atoms with van der Waals surface area (Å²) >= 11 is 4.84. The van der Waals surface area contributed by atoms with Gasteiger partial charge in [0, 0.05) is 34.2 Å². The second-order valence-electron chi connectivity index (χ2n) is 6.39. The van der Waals surface area contributed by atoms with Crippen molar-refractivity contribution >= 4 is 62.2 Å². The van der Waals surface area contributed by atoms with Crippen molar-refractivity contribution in [1.82, 2.24) is 30.6 Å². The first-order chi connectivity index (χ1) is 14.1. The number of fused-ring (bicyclic) bond motifs is 2. The highest BCUT2D eigenvalue weighted by atomic mass is 32.1. The highest BCUT2D eigenvalue weighted by molar-refractivity contribution is 7.80. The van der Waals surface area contributed by atoms with Crippen molar-refractivity contribution in [2.24, 2.45) is 5.73 Å². The molecule has 1 aromatic carbocycles. The summed E-state index contributed by atoms with van der Waals surface area (Å²) in [5.74, 6) is -1.15. The molecule has 3 aromatic heterocycles. The van der Waals surface area contributed by atoms with Crippen molar-refractivity contribution in [2.75, 3.05) is 0 Å². The standard InChI is InChI=1S/C19H13N7O2S/c20-19(29)25-26-17(27)13(11-8-22-12-6-2-1-4-9(11)12)14(18(26)28)15-10-5-3-7-21-16(10)24-23-15/h1-8,22H,(H3,20,25,29)(H,21,23,24). The van der Waals surface area contributed by atoms with E-state index in [2.05, 4.69) is 25.6 Å². The van der Waals surface area contributed by atoms with E-state index < -0.39 is 11.8 Å². The molecule has 0 saturated heterocycles.